The van der Waals surface area contributed by atoms with Crippen molar-refractivity contribution >= 4 is 17.6 Å². The summed E-state index contributed by atoms with van der Waals surface area (Å²) in [5, 5.41) is 2.51. The lowest BCUT2D eigenvalue weighted by atomic mass is 10.2. The first-order valence-electron chi connectivity index (χ1n) is 8.15. The van der Waals surface area contributed by atoms with Crippen molar-refractivity contribution in [2.24, 2.45) is 0 Å². The van der Waals surface area contributed by atoms with Crippen LogP contribution in [-0.4, -0.2) is 31.7 Å². The third-order valence-electron chi connectivity index (χ3n) is 3.24. The number of nitrogens with one attached hydrogen (secondary N) is 1. The Balaban J connectivity index is 1.95. The standard InChI is InChI=1S/C19H20FNO5/c1-3-24-16-10-5-13(11-17(16)25-4-2)19(23)26-12-18(22)21-15-8-6-14(20)7-9-15/h5-11H,3-4,12H2,1-2H3,(H,21,22). The molecule has 0 spiro atoms. The SMILES string of the molecule is CCOc1ccc(C(=O)OCC(=O)Nc2ccc(F)cc2)cc1OCC. The highest BCUT2D eigenvalue weighted by Gasteiger charge is 2.14. The van der Waals surface area contributed by atoms with E-state index in [1.807, 2.05) is 13.8 Å². The van der Waals surface area contributed by atoms with Crippen molar-refractivity contribution in [2.45, 2.75) is 13.8 Å². The van der Waals surface area contributed by atoms with Crippen molar-refractivity contribution in [3.05, 3.63) is 53.8 Å². The molecule has 2 aromatic rings. The molecule has 138 valence electrons. The molecular formula is C19H20FNO5. The predicted molar refractivity (Wildman–Crippen MR) is 94.1 cm³/mol. The lowest BCUT2D eigenvalue weighted by molar-refractivity contribution is -0.119. The van der Waals surface area contributed by atoms with Crippen LogP contribution in [0.4, 0.5) is 10.1 Å². The number of carbonyl (C=O) groups is 2. The third-order valence-corrected chi connectivity index (χ3v) is 3.24. The fourth-order valence-electron chi connectivity index (χ4n) is 2.12. The van der Waals surface area contributed by atoms with Gasteiger partial charge in [0.25, 0.3) is 5.91 Å². The summed E-state index contributed by atoms with van der Waals surface area (Å²) < 4.78 is 28.7. The van der Waals surface area contributed by atoms with E-state index >= 15 is 0 Å². The topological polar surface area (TPSA) is 73.9 Å². The first kappa shape index (κ1) is 19.2. The molecule has 0 saturated carbocycles. The Morgan fingerprint density at radius 2 is 1.62 bits per heavy atom. The van der Waals surface area contributed by atoms with Gasteiger partial charge in [-0.2, -0.15) is 0 Å². The van der Waals surface area contributed by atoms with Crippen LogP contribution in [0, 0.1) is 5.82 Å². The van der Waals surface area contributed by atoms with Crippen LogP contribution in [-0.2, 0) is 9.53 Å². The van der Waals surface area contributed by atoms with Crippen molar-refractivity contribution in [1.29, 1.82) is 0 Å². The highest BCUT2D eigenvalue weighted by Crippen LogP contribution is 2.28. The van der Waals surface area contributed by atoms with Crippen LogP contribution in [0.15, 0.2) is 42.5 Å². The number of anilines is 1. The molecule has 26 heavy (non-hydrogen) atoms. The monoisotopic (exact) mass is 361 g/mol. The second-order valence-electron chi connectivity index (χ2n) is 5.16. The van der Waals surface area contributed by atoms with Crippen molar-refractivity contribution in [3.8, 4) is 11.5 Å². The van der Waals surface area contributed by atoms with Crippen molar-refractivity contribution in [3.63, 3.8) is 0 Å². The maximum Gasteiger partial charge on any atom is 0.338 e. The number of esters is 1. The molecule has 0 atom stereocenters. The molecule has 0 radical (unpaired) electrons. The van der Waals surface area contributed by atoms with Crippen LogP contribution < -0.4 is 14.8 Å². The Hall–Kier alpha value is -3.09. The average Bonchev–Trinajstić information content (AvgIpc) is 2.63. The minimum absolute atomic E-state index is 0.242. The van der Waals surface area contributed by atoms with E-state index in [-0.39, 0.29) is 5.56 Å². The summed E-state index contributed by atoms with van der Waals surface area (Å²) in [5.74, 6) is -0.640. The van der Waals surface area contributed by atoms with Gasteiger partial charge in [-0.1, -0.05) is 0 Å². The van der Waals surface area contributed by atoms with Gasteiger partial charge in [-0.3, -0.25) is 4.79 Å². The number of carbonyl (C=O) groups excluding carboxylic acids is 2. The third kappa shape index (κ3) is 5.47. The molecule has 1 amide bonds. The zero-order chi connectivity index (χ0) is 18.9. The number of amides is 1. The molecule has 0 aliphatic heterocycles. The lowest BCUT2D eigenvalue weighted by Gasteiger charge is -2.12. The van der Waals surface area contributed by atoms with Gasteiger partial charge >= 0.3 is 5.97 Å². The van der Waals surface area contributed by atoms with E-state index in [1.165, 1.54) is 36.4 Å². The van der Waals surface area contributed by atoms with Crippen molar-refractivity contribution in [2.75, 3.05) is 25.1 Å². The van der Waals surface area contributed by atoms with E-state index in [1.54, 1.807) is 6.07 Å². The van der Waals surface area contributed by atoms with Gasteiger partial charge in [0.2, 0.25) is 0 Å². The second-order valence-corrected chi connectivity index (χ2v) is 5.16. The summed E-state index contributed by atoms with van der Waals surface area (Å²) in [5.41, 5.74) is 0.652. The summed E-state index contributed by atoms with van der Waals surface area (Å²) in [6, 6.07) is 9.92. The number of halogens is 1. The molecule has 0 aliphatic rings. The molecule has 2 aromatic carbocycles. The Morgan fingerprint density at radius 3 is 2.27 bits per heavy atom. The summed E-state index contributed by atoms with van der Waals surface area (Å²) in [6.07, 6.45) is 0. The molecule has 0 unspecified atom stereocenters. The van der Waals surface area contributed by atoms with Crippen molar-refractivity contribution < 1.29 is 28.2 Å². The smallest absolute Gasteiger partial charge is 0.338 e. The quantitative estimate of drug-likeness (QED) is 0.730. The van der Waals surface area contributed by atoms with Gasteiger partial charge in [-0.15, -0.1) is 0 Å². The summed E-state index contributed by atoms with van der Waals surface area (Å²) in [7, 11) is 0. The molecule has 0 aliphatic carbocycles. The van der Waals surface area contributed by atoms with Crippen LogP contribution in [0.25, 0.3) is 0 Å². The van der Waals surface area contributed by atoms with E-state index in [0.717, 1.165) is 0 Å². The van der Waals surface area contributed by atoms with Gasteiger partial charge in [0.05, 0.1) is 18.8 Å². The van der Waals surface area contributed by atoms with Gasteiger partial charge in [0, 0.05) is 5.69 Å². The Labute approximate surface area is 150 Å². The number of benzene rings is 2. The van der Waals surface area contributed by atoms with Gasteiger partial charge in [0.15, 0.2) is 18.1 Å². The van der Waals surface area contributed by atoms with Gasteiger partial charge in [-0.25, -0.2) is 9.18 Å². The summed E-state index contributed by atoms with van der Waals surface area (Å²) >= 11 is 0. The molecule has 7 heteroatoms. The molecule has 0 aromatic heterocycles. The van der Waals surface area contributed by atoms with Crippen molar-refractivity contribution in [1.82, 2.24) is 0 Å². The van der Waals surface area contributed by atoms with E-state index in [9.17, 15) is 14.0 Å². The number of hydrogen-bond donors (Lipinski definition) is 1. The van der Waals surface area contributed by atoms with Crippen LogP contribution in [0.2, 0.25) is 0 Å². The van der Waals surface area contributed by atoms with E-state index in [0.29, 0.717) is 30.4 Å². The lowest BCUT2D eigenvalue weighted by Crippen LogP contribution is -2.21. The Morgan fingerprint density at radius 1 is 0.962 bits per heavy atom. The molecule has 0 fully saturated rings. The molecule has 0 saturated heterocycles. The highest BCUT2D eigenvalue weighted by atomic mass is 19.1. The second kappa shape index (κ2) is 9.41. The highest BCUT2D eigenvalue weighted by molar-refractivity contribution is 5.95. The normalized spacial score (nSPS) is 10.1. The summed E-state index contributed by atoms with van der Waals surface area (Å²) in [6.45, 7) is 4.08. The van der Waals surface area contributed by atoms with Gasteiger partial charge in [0.1, 0.15) is 5.82 Å². The average molecular weight is 361 g/mol. The van der Waals surface area contributed by atoms with Gasteiger partial charge in [-0.05, 0) is 56.3 Å². The van der Waals surface area contributed by atoms with Crippen LogP contribution >= 0.6 is 0 Å². The molecule has 0 bridgehead atoms. The Kier molecular flexibility index (Phi) is 6.96. The zero-order valence-electron chi connectivity index (χ0n) is 14.6. The fourth-order valence-corrected chi connectivity index (χ4v) is 2.12. The number of ether oxygens (including phenoxy) is 3. The number of hydrogen-bond acceptors (Lipinski definition) is 5. The fraction of sp³-hybridized carbons (Fsp3) is 0.263. The van der Waals surface area contributed by atoms with E-state index < -0.39 is 24.3 Å². The van der Waals surface area contributed by atoms with Crippen LogP contribution in [0.3, 0.4) is 0 Å². The minimum atomic E-state index is -0.664. The van der Waals surface area contributed by atoms with E-state index in [4.69, 9.17) is 14.2 Å². The first-order valence-corrected chi connectivity index (χ1v) is 8.15. The van der Waals surface area contributed by atoms with E-state index in [2.05, 4.69) is 5.32 Å². The molecule has 0 heterocycles. The van der Waals surface area contributed by atoms with Crippen LogP contribution in [0.1, 0.15) is 24.2 Å². The predicted octanol–water partition coefficient (Wildman–Crippen LogP) is 3.42. The maximum absolute atomic E-state index is 12.8. The van der Waals surface area contributed by atoms with Gasteiger partial charge < -0.3 is 19.5 Å². The molecule has 1 N–H and O–H groups in total. The Bertz CT molecular complexity index is 761. The molecule has 6 nitrogen and oxygen atoms in total. The zero-order valence-corrected chi connectivity index (χ0v) is 14.6. The summed E-state index contributed by atoms with van der Waals surface area (Å²) in [4.78, 5) is 23.9. The van der Waals surface area contributed by atoms with Crippen LogP contribution in [0.5, 0.6) is 11.5 Å². The molecular weight excluding hydrogens is 341 g/mol. The largest absolute Gasteiger partial charge is 0.490 e. The number of rotatable bonds is 8. The minimum Gasteiger partial charge on any atom is -0.490 e. The molecule has 2 rings (SSSR count). The first-order chi connectivity index (χ1) is 12.5. The maximum atomic E-state index is 12.8.